The summed E-state index contributed by atoms with van der Waals surface area (Å²) in [6.07, 6.45) is 3.38. The quantitative estimate of drug-likeness (QED) is 0.831. The summed E-state index contributed by atoms with van der Waals surface area (Å²) in [6, 6.07) is 5.59. The minimum absolute atomic E-state index is 0.245. The molecule has 20 heavy (non-hydrogen) atoms. The summed E-state index contributed by atoms with van der Waals surface area (Å²) in [4.78, 5) is 13.3. The van der Waals surface area contributed by atoms with Crippen LogP contribution in [0.3, 0.4) is 0 Å². The average Bonchev–Trinajstić information content (AvgIpc) is 2.37. The molecule has 3 heteroatoms. The number of carboxylic acid groups (broad SMARTS) is 1. The Kier molecular flexibility index (Phi) is 3.89. The van der Waals surface area contributed by atoms with Crippen molar-refractivity contribution < 1.29 is 9.90 Å². The predicted molar refractivity (Wildman–Crippen MR) is 82.5 cm³/mol. The maximum absolute atomic E-state index is 11.0. The van der Waals surface area contributed by atoms with Gasteiger partial charge in [-0.15, -0.1) is 0 Å². The first-order valence-corrected chi connectivity index (χ1v) is 7.07. The van der Waals surface area contributed by atoms with Gasteiger partial charge in [0.2, 0.25) is 0 Å². The molecule has 0 fully saturated rings. The number of hydrogen-bond acceptors (Lipinski definition) is 2. The average molecular weight is 273 g/mol. The molecule has 0 saturated heterocycles. The minimum atomic E-state index is -0.859. The third kappa shape index (κ3) is 3.03. The van der Waals surface area contributed by atoms with Crippen LogP contribution in [0.15, 0.2) is 29.8 Å². The highest BCUT2D eigenvalue weighted by molar-refractivity contribution is 5.89. The van der Waals surface area contributed by atoms with Crippen molar-refractivity contribution in [3.63, 3.8) is 0 Å². The number of carboxylic acids is 1. The summed E-state index contributed by atoms with van der Waals surface area (Å²) in [6.45, 7) is 10.5. The molecule has 0 bridgehead atoms. The van der Waals surface area contributed by atoms with Crippen LogP contribution in [0.5, 0.6) is 0 Å². The zero-order valence-corrected chi connectivity index (χ0v) is 12.7. The van der Waals surface area contributed by atoms with Crippen molar-refractivity contribution in [2.24, 2.45) is 5.41 Å². The van der Waals surface area contributed by atoms with Gasteiger partial charge >= 0.3 is 5.97 Å². The lowest BCUT2D eigenvalue weighted by molar-refractivity contribution is 0.0696. The van der Waals surface area contributed by atoms with Crippen LogP contribution in [-0.2, 0) is 0 Å². The summed E-state index contributed by atoms with van der Waals surface area (Å²) in [5.41, 5.74) is 4.07. The largest absolute Gasteiger partial charge is 0.478 e. The molecule has 1 N–H and O–H groups in total. The Morgan fingerprint density at radius 1 is 1.30 bits per heavy atom. The summed E-state index contributed by atoms with van der Waals surface area (Å²) in [5, 5.41) is 9.07. The fourth-order valence-corrected chi connectivity index (χ4v) is 2.67. The highest BCUT2D eigenvalue weighted by Gasteiger charge is 2.21. The van der Waals surface area contributed by atoms with Crippen LogP contribution in [0.1, 0.15) is 43.1 Å². The maximum atomic E-state index is 11.0. The Morgan fingerprint density at radius 2 is 2.00 bits per heavy atom. The number of hydrogen-bond donors (Lipinski definition) is 1. The van der Waals surface area contributed by atoms with E-state index in [-0.39, 0.29) is 5.41 Å². The third-order valence-electron chi connectivity index (χ3n) is 3.98. The Balaban J connectivity index is 2.17. The van der Waals surface area contributed by atoms with Crippen molar-refractivity contribution in [1.29, 1.82) is 0 Å². The van der Waals surface area contributed by atoms with E-state index in [9.17, 15) is 4.79 Å². The standard InChI is InChI=1S/C17H23NO2/c1-12-11-14(5-6-15(12)16(19)20)18-9-7-13(8-10-18)17(2,3)4/h5-7,11H,8-10H2,1-4H3,(H,19,20). The topological polar surface area (TPSA) is 40.5 Å². The lowest BCUT2D eigenvalue weighted by Crippen LogP contribution is -2.31. The molecule has 0 aliphatic carbocycles. The molecule has 1 aliphatic rings. The number of anilines is 1. The van der Waals surface area contributed by atoms with Gasteiger partial charge in [-0.1, -0.05) is 32.4 Å². The molecule has 1 aromatic carbocycles. The normalized spacial score (nSPS) is 16.0. The molecule has 0 spiro atoms. The molecular weight excluding hydrogens is 250 g/mol. The van der Waals surface area contributed by atoms with Gasteiger partial charge < -0.3 is 10.0 Å². The van der Waals surface area contributed by atoms with Crippen molar-refractivity contribution in [3.05, 3.63) is 41.0 Å². The Labute approximate surface area is 120 Å². The van der Waals surface area contributed by atoms with Gasteiger partial charge in [-0.2, -0.15) is 0 Å². The number of aryl methyl sites for hydroxylation is 1. The summed E-state index contributed by atoms with van der Waals surface area (Å²) < 4.78 is 0. The lowest BCUT2D eigenvalue weighted by atomic mass is 9.83. The molecule has 1 aliphatic heterocycles. The van der Waals surface area contributed by atoms with Crippen molar-refractivity contribution in [3.8, 4) is 0 Å². The van der Waals surface area contributed by atoms with E-state index in [1.54, 1.807) is 6.07 Å². The molecule has 108 valence electrons. The van der Waals surface area contributed by atoms with Gasteiger partial charge in [0, 0.05) is 18.8 Å². The molecule has 0 saturated carbocycles. The van der Waals surface area contributed by atoms with Gasteiger partial charge in [0.1, 0.15) is 0 Å². The van der Waals surface area contributed by atoms with E-state index in [4.69, 9.17) is 5.11 Å². The van der Waals surface area contributed by atoms with Crippen molar-refractivity contribution in [1.82, 2.24) is 0 Å². The summed E-state index contributed by atoms with van der Waals surface area (Å²) >= 11 is 0. The van der Waals surface area contributed by atoms with Crippen LogP contribution in [0, 0.1) is 12.3 Å². The van der Waals surface area contributed by atoms with Crippen molar-refractivity contribution in [2.45, 2.75) is 34.1 Å². The van der Waals surface area contributed by atoms with E-state index in [1.807, 2.05) is 19.1 Å². The first-order chi connectivity index (χ1) is 9.29. The van der Waals surface area contributed by atoms with Crippen molar-refractivity contribution in [2.75, 3.05) is 18.0 Å². The number of aromatic carboxylic acids is 1. The molecule has 1 aromatic rings. The van der Waals surface area contributed by atoms with Crippen LogP contribution in [0.4, 0.5) is 5.69 Å². The van der Waals surface area contributed by atoms with E-state index in [1.165, 1.54) is 5.57 Å². The Hall–Kier alpha value is -1.77. The second-order valence-electron chi connectivity index (χ2n) is 6.48. The molecule has 2 rings (SSSR count). The molecule has 0 radical (unpaired) electrons. The van der Waals surface area contributed by atoms with Gasteiger partial charge in [-0.05, 0) is 42.5 Å². The molecule has 0 unspecified atom stereocenters. The zero-order valence-electron chi connectivity index (χ0n) is 12.7. The molecule has 1 heterocycles. The number of benzene rings is 1. The van der Waals surface area contributed by atoms with E-state index in [2.05, 4.69) is 31.7 Å². The molecule has 0 aromatic heterocycles. The van der Waals surface area contributed by atoms with Gasteiger partial charge in [0.05, 0.1) is 5.56 Å². The lowest BCUT2D eigenvalue weighted by Gasteiger charge is -2.33. The Morgan fingerprint density at radius 3 is 2.45 bits per heavy atom. The Bertz CT molecular complexity index is 553. The van der Waals surface area contributed by atoms with Gasteiger partial charge in [-0.3, -0.25) is 0 Å². The smallest absolute Gasteiger partial charge is 0.335 e. The highest BCUT2D eigenvalue weighted by atomic mass is 16.4. The molecular formula is C17H23NO2. The minimum Gasteiger partial charge on any atom is -0.478 e. The monoisotopic (exact) mass is 273 g/mol. The molecule has 0 amide bonds. The number of nitrogens with zero attached hydrogens (tertiary/aromatic N) is 1. The maximum Gasteiger partial charge on any atom is 0.335 e. The third-order valence-corrected chi connectivity index (χ3v) is 3.98. The first kappa shape index (κ1) is 14.6. The number of carbonyl (C=O) groups is 1. The van der Waals surface area contributed by atoms with Crippen LogP contribution < -0.4 is 4.90 Å². The summed E-state index contributed by atoms with van der Waals surface area (Å²) in [5.74, 6) is -0.859. The van der Waals surface area contributed by atoms with E-state index >= 15 is 0 Å². The zero-order chi connectivity index (χ0) is 14.9. The van der Waals surface area contributed by atoms with Gasteiger partial charge in [0.25, 0.3) is 0 Å². The van der Waals surface area contributed by atoms with Gasteiger partial charge in [0.15, 0.2) is 0 Å². The fourth-order valence-electron chi connectivity index (χ4n) is 2.67. The number of rotatable bonds is 2. The van der Waals surface area contributed by atoms with E-state index < -0.39 is 5.97 Å². The van der Waals surface area contributed by atoms with Crippen molar-refractivity contribution >= 4 is 11.7 Å². The van der Waals surface area contributed by atoms with E-state index in [0.717, 1.165) is 30.8 Å². The first-order valence-electron chi connectivity index (χ1n) is 7.07. The highest BCUT2D eigenvalue weighted by Crippen LogP contribution is 2.31. The van der Waals surface area contributed by atoms with Crippen LogP contribution in [0.25, 0.3) is 0 Å². The van der Waals surface area contributed by atoms with Crippen LogP contribution >= 0.6 is 0 Å². The predicted octanol–water partition coefficient (Wildman–Crippen LogP) is 3.88. The van der Waals surface area contributed by atoms with Crippen LogP contribution in [0.2, 0.25) is 0 Å². The molecule has 3 nitrogen and oxygen atoms in total. The fraction of sp³-hybridized carbons (Fsp3) is 0.471. The second-order valence-corrected chi connectivity index (χ2v) is 6.48. The van der Waals surface area contributed by atoms with E-state index in [0.29, 0.717) is 5.56 Å². The van der Waals surface area contributed by atoms with Gasteiger partial charge in [-0.25, -0.2) is 4.79 Å². The SMILES string of the molecule is Cc1cc(N2CC=C(C(C)(C)C)CC2)ccc1C(=O)O. The van der Waals surface area contributed by atoms with Crippen LogP contribution in [-0.4, -0.2) is 24.2 Å². The second kappa shape index (κ2) is 5.31. The molecule has 0 atom stereocenters. The summed E-state index contributed by atoms with van der Waals surface area (Å²) in [7, 11) is 0.